The third kappa shape index (κ3) is 4.07. The fourth-order valence-corrected chi connectivity index (χ4v) is 3.06. The maximum absolute atomic E-state index is 12.5. The van der Waals surface area contributed by atoms with E-state index in [0.29, 0.717) is 24.9 Å². The number of carbonyl (C=O) groups excluding carboxylic acids is 3. The molecule has 24 heavy (non-hydrogen) atoms. The van der Waals surface area contributed by atoms with E-state index in [1.165, 1.54) is 11.8 Å². The van der Waals surface area contributed by atoms with Gasteiger partial charge in [-0.15, -0.1) is 0 Å². The van der Waals surface area contributed by atoms with Crippen LogP contribution in [0.25, 0.3) is 0 Å². The van der Waals surface area contributed by atoms with Crippen LogP contribution in [0, 0.1) is 5.92 Å². The third-order valence-electron chi connectivity index (χ3n) is 4.37. The normalized spacial score (nSPS) is 18.2. The van der Waals surface area contributed by atoms with Gasteiger partial charge in [-0.3, -0.25) is 14.4 Å². The number of carboxylic acid groups (broad SMARTS) is 1. The zero-order chi connectivity index (χ0) is 17.7. The Morgan fingerprint density at radius 2 is 1.88 bits per heavy atom. The van der Waals surface area contributed by atoms with Crippen molar-refractivity contribution in [2.45, 2.75) is 38.6 Å². The molecule has 0 saturated carbocycles. The number of rotatable bonds is 7. The average Bonchev–Trinajstić information content (AvgIpc) is 3.05. The summed E-state index contributed by atoms with van der Waals surface area (Å²) in [5, 5.41) is 9.13. The number of hydrogen-bond donors (Lipinski definition) is 1. The van der Waals surface area contributed by atoms with Crippen molar-refractivity contribution in [3.63, 3.8) is 0 Å². The van der Waals surface area contributed by atoms with Gasteiger partial charge in [0.25, 0.3) is 0 Å². The Balaban J connectivity index is 2.01. The van der Waals surface area contributed by atoms with Crippen molar-refractivity contribution in [3.05, 3.63) is 35.9 Å². The maximum Gasteiger partial charge on any atom is 0.326 e. The molecule has 0 bridgehead atoms. The largest absolute Gasteiger partial charge is 0.480 e. The number of Topliss-reactive ketones (excluding diaryl/α,β-unsaturated/α-hetero) is 2. The second kappa shape index (κ2) is 7.86. The molecule has 1 fully saturated rings. The van der Waals surface area contributed by atoms with Crippen LogP contribution in [0.15, 0.2) is 30.3 Å². The van der Waals surface area contributed by atoms with Gasteiger partial charge in [0, 0.05) is 18.5 Å². The number of hydrogen-bond acceptors (Lipinski definition) is 4. The van der Waals surface area contributed by atoms with E-state index in [1.54, 1.807) is 30.3 Å². The molecule has 1 heterocycles. The van der Waals surface area contributed by atoms with Gasteiger partial charge in [0.2, 0.25) is 5.91 Å². The molecule has 6 nitrogen and oxygen atoms in total. The van der Waals surface area contributed by atoms with Gasteiger partial charge in [0.05, 0.1) is 5.92 Å². The minimum Gasteiger partial charge on any atom is -0.480 e. The van der Waals surface area contributed by atoms with Crippen molar-refractivity contribution in [3.8, 4) is 0 Å². The summed E-state index contributed by atoms with van der Waals surface area (Å²) in [7, 11) is 0. The van der Waals surface area contributed by atoms with Gasteiger partial charge in [0.1, 0.15) is 11.8 Å². The number of carbonyl (C=O) groups is 4. The molecule has 2 rings (SSSR count). The minimum absolute atomic E-state index is 0.00734. The van der Waals surface area contributed by atoms with Gasteiger partial charge in [-0.05, 0) is 26.2 Å². The van der Waals surface area contributed by atoms with Gasteiger partial charge < -0.3 is 10.0 Å². The molecule has 1 amide bonds. The van der Waals surface area contributed by atoms with E-state index in [0.717, 1.165) is 0 Å². The number of amides is 1. The van der Waals surface area contributed by atoms with Crippen LogP contribution >= 0.6 is 0 Å². The first-order valence-electron chi connectivity index (χ1n) is 8.03. The smallest absolute Gasteiger partial charge is 0.326 e. The Kier molecular flexibility index (Phi) is 5.84. The van der Waals surface area contributed by atoms with Gasteiger partial charge >= 0.3 is 5.97 Å². The van der Waals surface area contributed by atoms with E-state index < -0.39 is 17.9 Å². The van der Waals surface area contributed by atoms with Crippen LogP contribution in [-0.4, -0.2) is 46.0 Å². The first kappa shape index (κ1) is 17.8. The Morgan fingerprint density at radius 1 is 1.21 bits per heavy atom. The first-order valence-corrected chi connectivity index (χ1v) is 8.03. The lowest BCUT2D eigenvalue weighted by atomic mass is 9.90. The molecule has 1 unspecified atom stereocenters. The van der Waals surface area contributed by atoms with Crippen LogP contribution in [0.2, 0.25) is 0 Å². The molecular weight excluding hydrogens is 310 g/mol. The molecule has 0 aliphatic carbocycles. The highest BCUT2D eigenvalue weighted by molar-refractivity contribution is 6.10. The van der Waals surface area contributed by atoms with Crippen LogP contribution in [0.1, 0.15) is 43.0 Å². The highest BCUT2D eigenvalue weighted by Crippen LogP contribution is 2.21. The maximum atomic E-state index is 12.5. The number of likely N-dealkylation sites (tertiary alicyclic amines) is 1. The number of ketones is 2. The highest BCUT2D eigenvalue weighted by atomic mass is 16.4. The lowest BCUT2D eigenvalue weighted by molar-refractivity contribution is -0.148. The Hall–Kier alpha value is -2.50. The summed E-state index contributed by atoms with van der Waals surface area (Å²) in [6.07, 6.45) is 1.19. The summed E-state index contributed by atoms with van der Waals surface area (Å²) in [5.41, 5.74) is 0.440. The van der Waals surface area contributed by atoms with E-state index in [2.05, 4.69) is 0 Å². The standard InChI is InChI=1S/C18H21NO5/c1-12(20)14(17(22)13-6-3-2-4-7-13)9-10-16(21)19-11-5-8-15(19)18(23)24/h2-4,6-7,14-15H,5,8-11H2,1H3,(H,23,24)/t14?,15-/m0/s1. The molecule has 128 valence electrons. The van der Waals surface area contributed by atoms with Crippen LogP contribution in [0.5, 0.6) is 0 Å². The fourth-order valence-electron chi connectivity index (χ4n) is 3.06. The van der Waals surface area contributed by atoms with Gasteiger partial charge in [-0.25, -0.2) is 4.79 Å². The van der Waals surface area contributed by atoms with E-state index in [4.69, 9.17) is 5.11 Å². The SMILES string of the molecule is CC(=O)C(CCC(=O)N1CCC[C@H]1C(=O)O)C(=O)c1ccccc1. The Bertz CT molecular complexity index is 640. The van der Waals surface area contributed by atoms with Crippen LogP contribution < -0.4 is 0 Å². The van der Waals surface area contributed by atoms with Crippen molar-refractivity contribution < 1.29 is 24.3 Å². The van der Waals surface area contributed by atoms with Gasteiger partial charge in [-0.1, -0.05) is 30.3 Å². The minimum atomic E-state index is -1.01. The van der Waals surface area contributed by atoms with E-state index in [1.807, 2.05) is 0 Å². The summed E-state index contributed by atoms with van der Waals surface area (Å²) in [5.74, 6) is -2.78. The van der Waals surface area contributed by atoms with Crippen molar-refractivity contribution in [2.75, 3.05) is 6.54 Å². The van der Waals surface area contributed by atoms with E-state index >= 15 is 0 Å². The van der Waals surface area contributed by atoms with E-state index in [-0.39, 0.29) is 30.3 Å². The van der Waals surface area contributed by atoms with Gasteiger partial charge in [-0.2, -0.15) is 0 Å². The van der Waals surface area contributed by atoms with Crippen LogP contribution in [-0.2, 0) is 14.4 Å². The molecule has 1 saturated heterocycles. The zero-order valence-corrected chi connectivity index (χ0v) is 13.6. The second-order valence-corrected chi connectivity index (χ2v) is 6.02. The Morgan fingerprint density at radius 3 is 2.46 bits per heavy atom. The molecule has 1 N–H and O–H groups in total. The molecule has 6 heteroatoms. The van der Waals surface area contributed by atoms with Crippen molar-refractivity contribution >= 4 is 23.4 Å². The third-order valence-corrected chi connectivity index (χ3v) is 4.37. The second-order valence-electron chi connectivity index (χ2n) is 6.02. The topological polar surface area (TPSA) is 91.8 Å². The van der Waals surface area contributed by atoms with Crippen LogP contribution in [0.4, 0.5) is 0 Å². The number of carboxylic acids is 1. The predicted molar refractivity (Wildman–Crippen MR) is 86.5 cm³/mol. The molecule has 0 spiro atoms. The number of benzene rings is 1. The predicted octanol–water partition coefficient (Wildman–Crippen LogP) is 1.93. The molecule has 0 aromatic heterocycles. The van der Waals surface area contributed by atoms with E-state index in [9.17, 15) is 19.2 Å². The molecular formula is C18H21NO5. The molecule has 2 atom stereocenters. The average molecular weight is 331 g/mol. The molecule has 1 aromatic rings. The molecule has 0 radical (unpaired) electrons. The Labute approximate surface area is 140 Å². The quantitative estimate of drug-likeness (QED) is 0.609. The molecule has 1 aliphatic heterocycles. The monoisotopic (exact) mass is 331 g/mol. The van der Waals surface area contributed by atoms with Gasteiger partial charge in [0.15, 0.2) is 5.78 Å². The summed E-state index contributed by atoms with van der Waals surface area (Å²) in [6, 6.07) is 7.71. The first-order chi connectivity index (χ1) is 11.4. The molecule has 1 aromatic carbocycles. The van der Waals surface area contributed by atoms with Crippen molar-refractivity contribution in [1.29, 1.82) is 0 Å². The highest BCUT2D eigenvalue weighted by Gasteiger charge is 2.34. The summed E-state index contributed by atoms with van der Waals surface area (Å²) < 4.78 is 0. The summed E-state index contributed by atoms with van der Waals surface area (Å²) in [4.78, 5) is 49.1. The summed E-state index contributed by atoms with van der Waals surface area (Å²) >= 11 is 0. The lowest BCUT2D eigenvalue weighted by Crippen LogP contribution is -2.40. The number of aliphatic carboxylic acids is 1. The van der Waals surface area contributed by atoms with Crippen molar-refractivity contribution in [1.82, 2.24) is 4.90 Å². The lowest BCUT2D eigenvalue weighted by Gasteiger charge is -2.22. The fraction of sp³-hybridized carbons (Fsp3) is 0.444. The number of nitrogens with zero attached hydrogens (tertiary/aromatic N) is 1. The molecule has 1 aliphatic rings. The van der Waals surface area contributed by atoms with Crippen LogP contribution in [0.3, 0.4) is 0 Å². The zero-order valence-electron chi connectivity index (χ0n) is 13.6. The van der Waals surface area contributed by atoms with Crippen molar-refractivity contribution in [2.24, 2.45) is 5.92 Å². The summed E-state index contributed by atoms with van der Waals surface area (Å²) in [6.45, 7) is 1.75.